The topological polar surface area (TPSA) is 40.5 Å². The third-order valence-corrected chi connectivity index (χ3v) is 3.90. The second-order valence-electron chi connectivity index (χ2n) is 4.20. The van der Waals surface area contributed by atoms with Crippen molar-refractivity contribution in [2.45, 2.75) is 51.9 Å². The highest BCUT2D eigenvalue weighted by molar-refractivity contribution is 7.22. The number of unbranched alkanes of at least 4 members (excludes halogenated alkanes) is 5. The summed E-state index contributed by atoms with van der Waals surface area (Å²) in [6.45, 7) is 2.23. The van der Waals surface area contributed by atoms with Crippen LogP contribution in [0.2, 0.25) is 0 Å². The van der Waals surface area contributed by atoms with E-state index < -0.39 is 7.12 Å². The highest BCUT2D eigenvalue weighted by Crippen LogP contribution is 2.13. The number of hydrogen-bond donors (Lipinski definition) is 2. The van der Waals surface area contributed by atoms with Crippen LogP contribution in [0.5, 0.6) is 0 Å². The van der Waals surface area contributed by atoms with Gasteiger partial charge in [-0.05, 0) is 18.9 Å². The Morgan fingerprint density at radius 3 is 2.38 bits per heavy atom. The summed E-state index contributed by atoms with van der Waals surface area (Å²) >= 11 is 1.51. The smallest absolute Gasteiger partial charge is 0.423 e. The molecule has 1 rings (SSSR count). The van der Waals surface area contributed by atoms with Crippen LogP contribution in [0.15, 0.2) is 12.1 Å². The van der Waals surface area contributed by atoms with Gasteiger partial charge in [-0.15, -0.1) is 11.3 Å². The van der Waals surface area contributed by atoms with Gasteiger partial charge in [-0.2, -0.15) is 0 Å². The van der Waals surface area contributed by atoms with Gasteiger partial charge >= 0.3 is 7.12 Å². The molecule has 1 aromatic heterocycles. The van der Waals surface area contributed by atoms with E-state index >= 15 is 0 Å². The molecule has 0 saturated heterocycles. The van der Waals surface area contributed by atoms with Gasteiger partial charge in [0.15, 0.2) is 0 Å². The minimum atomic E-state index is -1.30. The summed E-state index contributed by atoms with van der Waals surface area (Å²) in [5.74, 6) is 0. The predicted octanol–water partition coefficient (Wildman–Crippen LogP) is 2.33. The van der Waals surface area contributed by atoms with Gasteiger partial charge in [-0.3, -0.25) is 0 Å². The zero-order valence-electron chi connectivity index (χ0n) is 9.98. The number of hydrogen-bond acceptors (Lipinski definition) is 3. The second-order valence-corrected chi connectivity index (χ2v) is 5.40. The Morgan fingerprint density at radius 1 is 1.06 bits per heavy atom. The molecule has 2 N–H and O–H groups in total. The van der Waals surface area contributed by atoms with Gasteiger partial charge in [-0.1, -0.05) is 45.1 Å². The van der Waals surface area contributed by atoms with E-state index in [9.17, 15) is 0 Å². The zero-order valence-corrected chi connectivity index (χ0v) is 10.8. The van der Waals surface area contributed by atoms with E-state index in [2.05, 4.69) is 6.92 Å². The molecule has 0 aromatic carbocycles. The van der Waals surface area contributed by atoms with Crippen LogP contribution in [0.3, 0.4) is 0 Å². The van der Waals surface area contributed by atoms with Gasteiger partial charge in [0.25, 0.3) is 0 Å². The van der Waals surface area contributed by atoms with Gasteiger partial charge in [0.1, 0.15) is 0 Å². The monoisotopic (exact) mass is 240 g/mol. The molecule has 0 spiro atoms. The molecular formula is C12H21BO2S. The van der Waals surface area contributed by atoms with Crippen LogP contribution in [-0.2, 0) is 6.42 Å². The number of rotatable bonds is 8. The third kappa shape index (κ3) is 5.15. The maximum atomic E-state index is 8.97. The van der Waals surface area contributed by atoms with Crippen molar-refractivity contribution in [1.82, 2.24) is 0 Å². The molecule has 1 aromatic rings. The molecule has 90 valence electrons. The molecule has 0 atom stereocenters. The van der Waals surface area contributed by atoms with Crippen molar-refractivity contribution < 1.29 is 10.0 Å². The largest absolute Gasteiger partial charge is 0.499 e. The first-order chi connectivity index (χ1) is 7.74. The van der Waals surface area contributed by atoms with Crippen LogP contribution >= 0.6 is 11.3 Å². The molecule has 16 heavy (non-hydrogen) atoms. The van der Waals surface area contributed by atoms with Gasteiger partial charge in [0.05, 0.1) is 0 Å². The van der Waals surface area contributed by atoms with Crippen LogP contribution in [0.4, 0.5) is 0 Å². The lowest BCUT2D eigenvalue weighted by Gasteiger charge is -1.99. The summed E-state index contributed by atoms with van der Waals surface area (Å²) in [4.78, 5) is 1.26. The quantitative estimate of drug-likeness (QED) is 0.540. The SMILES string of the molecule is CCCCCCCCc1ccc(B(O)O)s1. The molecule has 0 aliphatic heterocycles. The average Bonchev–Trinajstić information content (AvgIpc) is 2.72. The lowest BCUT2D eigenvalue weighted by molar-refractivity contribution is 0.427. The van der Waals surface area contributed by atoms with Crippen molar-refractivity contribution in [2.24, 2.45) is 0 Å². The highest BCUT2D eigenvalue weighted by atomic mass is 32.1. The molecular weight excluding hydrogens is 219 g/mol. The minimum Gasteiger partial charge on any atom is -0.423 e. The van der Waals surface area contributed by atoms with E-state index in [4.69, 9.17) is 10.0 Å². The Balaban J connectivity index is 2.12. The molecule has 0 amide bonds. The molecule has 1 heterocycles. The molecule has 0 saturated carbocycles. The van der Waals surface area contributed by atoms with Crippen LogP contribution in [0.1, 0.15) is 50.3 Å². The van der Waals surface area contributed by atoms with Crippen molar-refractivity contribution in [2.75, 3.05) is 0 Å². The van der Waals surface area contributed by atoms with Crippen molar-refractivity contribution in [3.8, 4) is 0 Å². The molecule has 0 unspecified atom stereocenters. The van der Waals surface area contributed by atoms with Crippen LogP contribution in [-0.4, -0.2) is 17.2 Å². The molecule has 0 fully saturated rings. The lowest BCUT2D eigenvalue weighted by Crippen LogP contribution is -2.26. The van der Waals surface area contributed by atoms with Crippen LogP contribution < -0.4 is 4.78 Å². The fourth-order valence-corrected chi connectivity index (χ4v) is 2.67. The lowest BCUT2D eigenvalue weighted by atomic mass is 9.90. The minimum absolute atomic E-state index is 0.654. The maximum Gasteiger partial charge on any atom is 0.499 e. The summed E-state index contributed by atoms with van der Waals surface area (Å²) in [5, 5.41) is 17.9. The van der Waals surface area contributed by atoms with E-state index in [0.717, 1.165) is 6.42 Å². The van der Waals surface area contributed by atoms with E-state index in [1.807, 2.05) is 12.1 Å². The zero-order chi connectivity index (χ0) is 11.8. The average molecular weight is 240 g/mol. The first-order valence-corrected chi connectivity index (χ1v) is 7.00. The Bertz CT molecular complexity index is 286. The van der Waals surface area contributed by atoms with E-state index in [0.29, 0.717) is 4.78 Å². The Labute approximate surface area is 102 Å². The first kappa shape index (κ1) is 13.7. The van der Waals surface area contributed by atoms with Crippen molar-refractivity contribution >= 4 is 23.2 Å². The molecule has 0 aliphatic carbocycles. The molecule has 0 radical (unpaired) electrons. The summed E-state index contributed by atoms with van der Waals surface area (Å²) in [6.07, 6.45) is 8.89. The van der Waals surface area contributed by atoms with E-state index in [1.54, 1.807) is 0 Å². The Hall–Kier alpha value is -0.315. The van der Waals surface area contributed by atoms with Crippen molar-refractivity contribution in [3.05, 3.63) is 17.0 Å². The van der Waals surface area contributed by atoms with E-state index in [1.165, 1.54) is 54.7 Å². The van der Waals surface area contributed by atoms with Crippen LogP contribution in [0, 0.1) is 0 Å². The van der Waals surface area contributed by atoms with Gasteiger partial charge in [0, 0.05) is 9.65 Å². The van der Waals surface area contributed by atoms with E-state index in [-0.39, 0.29) is 0 Å². The van der Waals surface area contributed by atoms with Gasteiger partial charge < -0.3 is 10.0 Å². The Morgan fingerprint density at radius 2 is 1.75 bits per heavy atom. The molecule has 0 aliphatic rings. The summed E-state index contributed by atoms with van der Waals surface area (Å²) < 4.78 is 0.654. The van der Waals surface area contributed by atoms with Gasteiger partial charge in [0.2, 0.25) is 0 Å². The number of thiophene rings is 1. The standard InChI is InChI=1S/C12H21BO2S/c1-2-3-4-5-6-7-8-11-9-10-12(16-11)13(14)15/h9-10,14-15H,2-8H2,1H3. The molecule has 0 bridgehead atoms. The summed E-state index contributed by atoms with van der Waals surface area (Å²) in [7, 11) is -1.30. The summed E-state index contributed by atoms with van der Waals surface area (Å²) in [5.41, 5.74) is 0. The maximum absolute atomic E-state index is 8.97. The van der Waals surface area contributed by atoms with Crippen molar-refractivity contribution in [3.63, 3.8) is 0 Å². The molecule has 4 heteroatoms. The van der Waals surface area contributed by atoms with Crippen molar-refractivity contribution in [1.29, 1.82) is 0 Å². The third-order valence-electron chi connectivity index (χ3n) is 2.71. The fourth-order valence-electron chi connectivity index (χ4n) is 1.75. The fraction of sp³-hybridized carbons (Fsp3) is 0.667. The summed E-state index contributed by atoms with van der Waals surface area (Å²) in [6, 6.07) is 3.81. The molecule has 2 nitrogen and oxygen atoms in total. The predicted molar refractivity (Wildman–Crippen MR) is 71.2 cm³/mol. The second kappa shape index (κ2) is 7.88. The Kier molecular flexibility index (Phi) is 6.77. The normalized spacial score (nSPS) is 10.7. The number of aryl methyl sites for hydroxylation is 1. The van der Waals surface area contributed by atoms with Crippen LogP contribution in [0.25, 0.3) is 0 Å². The first-order valence-electron chi connectivity index (χ1n) is 6.18. The van der Waals surface area contributed by atoms with Gasteiger partial charge in [-0.25, -0.2) is 0 Å². The highest BCUT2D eigenvalue weighted by Gasteiger charge is 2.13.